The van der Waals surface area contributed by atoms with Crippen molar-refractivity contribution < 1.29 is 22.7 Å². The molecule has 0 aliphatic rings. The molecule has 0 saturated carbocycles. The van der Waals surface area contributed by atoms with Crippen LogP contribution in [-0.4, -0.2) is 49.4 Å². The van der Waals surface area contributed by atoms with E-state index in [9.17, 15) is 18.0 Å². The Labute approximate surface area is 190 Å². The highest BCUT2D eigenvalue weighted by Gasteiger charge is 2.21. The van der Waals surface area contributed by atoms with Crippen molar-refractivity contribution in [1.82, 2.24) is 8.87 Å². The molecule has 0 N–H and O–H groups in total. The van der Waals surface area contributed by atoms with E-state index in [1.54, 1.807) is 32.0 Å². The Morgan fingerprint density at radius 3 is 2.22 bits per heavy atom. The van der Waals surface area contributed by atoms with Gasteiger partial charge in [-0.25, -0.2) is 13.2 Å². The van der Waals surface area contributed by atoms with Crippen LogP contribution in [0.1, 0.15) is 41.5 Å². The second-order valence-corrected chi connectivity index (χ2v) is 9.78. The maximum atomic E-state index is 12.8. The second-order valence-electron chi connectivity index (χ2n) is 6.83. The summed E-state index contributed by atoms with van der Waals surface area (Å²) in [6.07, 6.45) is 0. The highest BCUT2D eigenvalue weighted by Crippen LogP contribution is 2.20. The van der Waals surface area contributed by atoms with Gasteiger partial charge in [-0.05, 0) is 49.4 Å². The predicted molar refractivity (Wildman–Crippen MR) is 123 cm³/mol. The highest BCUT2D eigenvalue weighted by molar-refractivity contribution is 7.89. The molecule has 2 aromatic carbocycles. The molecular formula is C22H25N3O5S2. The molecule has 0 radical (unpaired) electrons. The molecule has 1 aromatic heterocycles. The molecule has 1 heterocycles. The lowest BCUT2D eigenvalue weighted by Gasteiger charge is -2.18. The van der Waals surface area contributed by atoms with Crippen LogP contribution in [0.5, 0.6) is 0 Å². The number of methoxy groups -OCH3 is 1. The monoisotopic (exact) mass is 475 g/mol. The van der Waals surface area contributed by atoms with Crippen molar-refractivity contribution in [2.45, 2.75) is 32.2 Å². The van der Waals surface area contributed by atoms with Crippen LogP contribution in [0.25, 0.3) is 10.2 Å². The SMILES string of the molecule is CCN(CC)S(=O)(=O)c1ccc(C(=O)N=c2sc3cc(C(=O)OC)ccc3n2CC)cc1. The summed E-state index contributed by atoms with van der Waals surface area (Å²) >= 11 is 1.30. The average Bonchev–Trinajstić information content (AvgIpc) is 3.15. The summed E-state index contributed by atoms with van der Waals surface area (Å²) in [5.74, 6) is -0.906. The van der Waals surface area contributed by atoms with Crippen LogP contribution < -0.4 is 4.80 Å². The molecule has 10 heteroatoms. The summed E-state index contributed by atoms with van der Waals surface area (Å²) in [6.45, 7) is 6.83. The third-order valence-corrected chi connectivity index (χ3v) is 8.17. The van der Waals surface area contributed by atoms with E-state index in [1.165, 1.54) is 47.0 Å². The van der Waals surface area contributed by atoms with Gasteiger partial charge >= 0.3 is 5.97 Å². The Morgan fingerprint density at radius 1 is 1.03 bits per heavy atom. The minimum absolute atomic E-state index is 0.138. The van der Waals surface area contributed by atoms with Crippen LogP contribution in [0, 0.1) is 0 Å². The van der Waals surface area contributed by atoms with E-state index in [2.05, 4.69) is 4.99 Å². The summed E-state index contributed by atoms with van der Waals surface area (Å²) in [5, 5.41) is 0. The molecule has 0 atom stereocenters. The molecule has 8 nitrogen and oxygen atoms in total. The lowest BCUT2D eigenvalue weighted by molar-refractivity contribution is 0.0600. The molecule has 0 aliphatic heterocycles. The number of carbonyl (C=O) groups is 2. The minimum Gasteiger partial charge on any atom is -0.465 e. The Kier molecular flexibility index (Phi) is 7.27. The molecule has 32 heavy (non-hydrogen) atoms. The van der Waals surface area contributed by atoms with Crippen LogP contribution in [0.15, 0.2) is 52.4 Å². The van der Waals surface area contributed by atoms with Crippen LogP contribution >= 0.6 is 11.3 Å². The van der Waals surface area contributed by atoms with Crippen molar-refractivity contribution in [2.75, 3.05) is 20.2 Å². The number of carbonyl (C=O) groups excluding carboxylic acids is 2. The van der Waals surface area contributed by atoms with Gasteiger partial charge in [0.25, 0.3) is 5.91 Å². The first-order valence-electron chi connectivity index (χ1n) is 10.2. The largest absolute Gasteiger partial charge is 0.465 e. The van der Waals surface area contributed by atoms with Gasteiger partial charge in [0.2, 0.25) is 10.0 Å². The molecule has 0 aliphatic carbocycles. The van der Waals surface area contributed by atoms with Gasteiger partial charge in [0.1, 0.15) is 0 Å². The van der Waals surface area contributed by atoms with Crippen LogP contribution in [0.3, 0.4) is 0 Å². The topological polar surface area (TPSA) is 98.0 Å². The van der Waals surface area contributed by atoms with E-state index in [1.807, 2.05) is 11.5 Å². The van der Waals surface area contributed by atoms with Crippen LogP contribution in [0.2, 0.25) is 0 Å². The van der Waals surface area contributed by atoms with Gasteiger partial charge < -0.3 is 9.30 Å². The maximum Gasteiger partial charge on any atom is 0.337 e. The number of hydrogen-bond acceptors (Lipinski definition) is 6. The van der Waals surface area contributed by atoms with E-state index in [-0.39, 0.29) is 4.90 Å². The molecule has 3 rings (SSSR count). The fourth-order valence-corrected chi connectivity index (χ4v) is 5.93. The Hall–Kier alpha value is -2.82. The summed E-state index contributed by atoms with van der Waals surface area (Å²) < 4.78 is 34.1. The molecule has 170 valence electrons. The van der Waals surface area contributed by atoms with Crippen molar-refractivity contribution in [2.24, 2.45) is 4.99 Å². The number of esters is 1. The van der Waals surface area contributed by atoms with Crippen LogP contribution in [-0.2, 0) is 21.3 Å². The minimum atomic E-state index is -3.59. The first-order chi connectivity index (χ1) is 15.3. The lowest BCUT2D eigenvalue weighted by Crippen LogP contribution is -2.30. The van der Waals surface area contributed by atoms with Crippen molar-refractivity contribution in [3.8, 4) is 0 Å². The van der Waals surface area contributed by atoms with Crippen LogP contribution in [0.4, 0.5) is 0 Å². The third kappa shape index (κ3) is 4.52. The lowest BCUT2D eigenvalue weighted by atomic mass is 10.2. The maximum absolute atomic E-state index is 12.8. The number of nitrogens with zero attached hydrogens (tertiary/aromatic N) is 3. The number of thiazole rings is 1. The average molecular weight is 476 g/mol. The third-order valence-electron chi connectivity index (χ3n) is 5.06. The molecule has 0 fully saturated rings. The molecule has 0 saturated heterocycles. The standard InChI is InChI=1S/C22H25N3O5S2/c1-5-24(6-2)32(28,29)17-11-8-15(9-12-17)20(26)23-22-25(7-3)18-13-10-16(21(27)30-4)14-19(18)31-22/h8-14H,5-7H2,1-4H3. The van der Waals surface area contributed by atoms with E-state index >= 15 is 0 Å². The van der Waals surface area contributed by atoms with E-state index in [4.69, 9.17) is 4.74 Å². The number of aryl methyl sites for hydroxylation is 1. The van der Waals surface area contributed by atoms with Gasteiger partial charge in [-0.1, -0.05) is 25.2 Å². The number of amides is 1. The molecule has 0 bridgehead atoms. The second kappa shape index (κ2) is 9.76. The highest BCUT2D eigenvalue weighted by atomic mass is 32.2. The van der Waals surface area contributed by atoms with Gasteiger partial charge in [-0.3, -0.25) is 4.79 Å². The fraction of sp³-hybridized carbons (Fsp3) is 0.318. The first-order valence-corrected chi connectivity index (χ1v) is 12.4. The van der Waals surface area contributed by atoms with Crippen molar-refractivity contribution in [1.29, 1.82) is 0 Å². The van der Waals surface area contributed by atoms with Gasteiger partial charge in [0.15, 0.2) is 4.80 Å². The van der Waals surface area contributed by atoms with Gasteiger partial charge in [0.05, 0.1) is 27.8 Å². The summed E-state index contributed by atoms with van der Waals surface area (Å²) in [4.78, 5) is 29.5. The summed E-state index contributed by atoms with van der Waals surface area (Å²) in [7, 11) is -2.27. The normalized spacial score (nSPS) is 12.5. The molecular weight excluding hydrogens is 450 g/mol. The summed E-state index contributed by atoms with van der Waals surface area (Å²) in [5.41, 5.74) is 1.57. The Bertz CT molecular complexity index is 1320. The Balaban J connectivity index is 1.98. The quantitative estimate of drug-likeness (QED) is 0.489. The van der Waals surface area contributed by atoms with Crippen molar-refractivity contribution in [3.05, 3.63) is 58.4 Å². The first kappa shape index (κ1) is 23.8. The van der Waals surface area contributed by atoms with Gasteiger partial charge in [0, 0.05) is 25.2 Å². The molecule has 0 unspecified atom stereocenters. The number of benzene rings is 2. The van der Waals surface area contributed by atoms with Gasteiger partial charge in [-0.15, -0.1) is 0 Å². The molecule has 3 aromatic rings. The number of rotatable bonds is 7. The number of ether oxygens (including phenoxy) is 1. The van der Waals surface area contributed by atoms with E-state index in [0.29, 0.717) is 35.6 Å². The molecule has 1 amide bonds. The van der Waals surface area contributed by atoms with Crippen molar-refractivity contribution in [3.63, 3.8) is 0 Å². The molecule has 0 spiro atoms. The zero-order chi connectivity index (χ0) is 23.5. The number of hydrogen-bond donors (Lipinski definition) is 0. The zero-order valence-corrected chi connectivity index (χ0v) is 20.0. The fourth-order valence-electron chi connectivity index (χ4n) is 3.34. The van der Waals surface area contributed by atoms with Gasteiger partial charge in [-0.2, -0.15) is 9.30 Å². The number of fused-ring (bicyclic) bond motifs is 1. The number of aromatic nitrogens is 1. The number of sulfonamides is 1. The van der Waals surface area contributed by atoms with Crippen molar-refractivity contribution >= 4 is 43.5 Å². The zero-order valence-electron chi connectivity index (χ0n) is 18.4. The summed E-state index contributed by atoms with van der Waals surface area (Å²) in [6, 6.07) is 11.0. The predicted octanol–water partition coefficient (Wildman–Crippen LogP) is 3.28. The van der Waals surface area contributed by atoms with E-state index < -0.39 is 21.9 Å². The Morgan fingerprint density at radius 2 is 1.66 bits per heavy atom. The smallest absolute Gasteiger partial charge is 0.337 e. The van der Waals surface area contributed by atoms with E-state index in [0.717, 1.165) is 10.2 Å².